The standard InChI is InChI=1S/C17H19NO4S/c1-17(2,3)14(20)9-15-18-16(21)13(23-15)8-10-5-6-12(22-4)11(19)7-10/h5-9,19H,1-4H3,(H,18,21)/b13-8-,15-9+. The summed E-state index contributed by atoms with van der Waals surface area (Å²) in [7, 11) is 1.47. The van der Waals surface area contributed by atoms with Crippen molar-refractivity contribution in [1.29, 1.82) is 0 Å². The van der Waals surface area contributed by atoms with Gasteiger partial charge in [-0.15, -0.1) is 11.3 Å². The monoisotopic (exact) mass is 333 g/mol. The minimum absolute atomic E-state index is 0.00364. The van der Waals surface area contributed by atoms with Gasteiger partial charge in [0.2, 0.25) is 0 Å². The molecule has 23 heavy (non-hydrogen) atoms. The zero-order valence-electron chi connectivity index (χ0n) is 13.5. The number of hydrogen-bond acceptors (Lipinski definition) is 5. The van der Waals surface area contributed by atoms with Gasteiger partial charge in [-0.2, -0.15) is 0 Å². The van der Waals surface area contributed by atoms with E-state index in [2.05, 4.69) is 4.98 Å². The first-order valence-electron chi connectivity index (χ1n) is 7.05. The number of Topliss-reactive ketones (excluding diaryl/α,β-unsaturated/α-hetero) is 1. The molecule has 0 bridgehead atoms. The van der Waals surface area contributed by atoms with Crippen molar-refractivity contribution in [3.63, 3.8) is 0 Å². The summed E-state index contributed by atoms with van der Waals surface area (Å²) in [6, 6.07) is 4.88. The Morgan fingerprint density at radius 2 is 2.04 bits per heavy atom. The highest BCUT2D eigenvalue weighted by Crippen LogP contribution is 2.26. The molecule has 0 saturated carbocycles. The van der Waals surface area contributed by atoms with Gasteiger partial charge in [0.1, 0.15) is 0 Å². The van der Waals surface area contributed by atoms with Crippen molar-refractivity contribution in [2.24, 2.45) is 5.41 Å². The molecule has 2 N–H and O–H groups in total. The van der Waals surface area contributed by atoms with Gasteiger partial charge < -0.3 is 14.8 Å². The molecule has 0 saturated heterocycles. The van der Waals surface area contributed by atoms with Crippen molar-refractivity contribution in [1.82, 2.24) is 4.98 Å². The van der Waals surface area contributed by atoms with Crippen LogP contribution in [0.4, 0.5) is 0 Å². The third-order valence-electron chi connectivity index (χ3n) is 3.18. The van der Waals surface area contributed by atoms with E-state index in [1.54, 1.807) is 18.2 Å². The molecule has 0 atom stereocenters. The number of H-pyrrole nitrogens is 1. The van der Waals surface area contributed by atoms with Crippen molar-refractivity contribution in [2.45, 2.75) is 20.8 Å². The van der Waals surface area contributed by atoms with Crippen LogP contribution in [0, 0.1) is 5.41 Å². The van der Waals surface area contributed by atoms with E-state index >= 15 is 0 Å². The number of ketones is 1. The molecule has 6 heteroatoms. The van der Waals surface area contributed by atoms with Crippen LogP contribution in [0.15, 0.2) is 23.0 Å². The Morgan fingerprint density at radius 1 is 1.35 bits per heavy atom. The Kier molecular flexibility index (Phi) is 4.75. The average Bonchev–Trinajstić information content (AvgIpc) is 2.78. The second-order valence-corrected chi connectivity index (χ2v) is 7.20. The van der Waals surface area contributed by atoms with Crippen molar-refractivity contribution in [2.75, 3.05) is 7.11 Å². The van der Waals surface area contributed by atoms with Gasteiger partial charge in [0.25, 0.3) is 5.56 Å². The first-order chi connectivity index (χ1) is 10.7. The number of phenolic OH excluding ortho intramolecular Hbond substituents is 1. The lowest BCUT2D eigenvalue weighted by Gasteiger charge is -2.12. The van der Waals surface area contributed by atoms with Crippen LogP contribution in [0.1, 0.15) is 26.3 Å². The third-order valence-corrected chi connectivity index (χ3v) is 4.15. The molecule has 1 aromatic carbocycles. The molecule has 0 spiro atoms. The number of carbonyl (C=O) groups is 1. The molecule has 122 valence electrons. The summed E-state index contributed by atoms with van der Waals surface area (Å²) in [5.74, 6) is 0.319. The third kappa shape index (κ3) is 4.10. The van der Waals surface area contributed by atoms with Crippen LogP contribution in [0.2, 0.25) is 0 Å². The van der Waals surface area contributed by atoms with Gasteiger partial charge in [-0.1, -0.05) is 26.8 Å². The van der Waals surface area contributed by atoms with E-state index in [4.69, 9.17) is 4.74 Å². The number of benzene rings is 1. The second-order valence-electron chi connectivity index (χ2n) is 6.12. The fourth-order valence-electron chi connectivity index (χ4n) is 1.81. The van der Waals surface area contributed by atoms with Gasteiger partial charge in [-0.25, -0.2) is 0 Å². The lowest BCUT2D eigenvalue weighted by Crippen LogP contribution is -2.22. The summed E-state index contributed by atoms with van der Waals surface area (Å²) in [4.78, 5) is 26.7. The Bertz CT molecular complexity index is 900. The molecule has 0 aliphatic carbocycles. The average molecular weight is 333 g/mol. The molecule has 1 heterocycles. The minimum atomic E-state index is -0.494. The van der Waals surface area contributed by atoms with E-state index in [0.717, 1.165) is 0 Å². The molecule has 0 radical (unpaired) electrons. The SMILES string of the molecule is COc1ccc(/C=c2\s/c(=C/C(=O)C(C)(C)C)[nH]c2=O)cc1O. The van der Waals surface area contributed by atoms with Crippen LogP contribution >= 0.6 is 11.3 Å². The van der Waals surface area contributed by atoms with Crippen LogP contribution in [-0.2, 0) is 4.79 Å². The summed E-state index contributed by atoms with van der Waals surface area (Å²) in [5, 5.41) is 9.77. The number of nitrogens with one attached hydrogen (secondary N) is 1. The molecule has 1 aromatic heterocycles. The summed E-state index contributed by atoms with van der Waals surface area (Å²) >= 11 is 1.20. The number of phenols is 1. The van der Waals surface area contributed by atoms with Gasteiger partial charge in [0.15, 0.2) is 17.3 Å². The van der Waals surface area contributed by atoms with Gasteiger partial charge in [-0.05, 0) is 23.8 Å². The van der Waals surface area contributed by atoms with Crippen LogP contribution in [-0.4, -0.2) is 23.0 Å². The zero-order chi connectivity index (χ0) is 17.2. The number of aromatic nitrogens is 1. The maximum atomic E-state index is 12.0. The summed E-state index contributed by atoms with van der Waals surface area (Å²) in [6.07, 6.45) is 3.11. The molecule has 0 unspecified atom stereocenters. The number of aromatic amines is 1. The van der Waals surface area contributed by atoms with Gasteiger partial charge in [-0.3, -0.25) is 9.59 Å². The largest absolute Gasteiger partial charge is 0.504 e. The molecule has 0 fully saturated rings. The molecule has 2 aromatic rings. The fraction of sp³-hybridized carbons (Fsp3) is 0.294. The molecule has 0 amide bonds. The van der Waals surface area contributed by atoms with E-state index in [-0.39, 0.29) is 17.1 Å². The highest BCUT2D eigenvalue weighted by atomic mass is 32.1. The Morgan fingerprint density at radius 3 is 2.61 bits per heavy atom. The summed E-state index contributed by atoms with van der Waals surface area (Å²) in [5.41, 5.74) is -0.0883. The van der Waals surface area contributed by atoms with Crippen LogP contribution < -0.4 is 19.5 Å². The molecular formula is C17H19NO4S. The lowest BCUT2D eigenvalue weighted by molar-refractivity contribution is -0.119. The first kappa shape index (κ1) is 17.0. The molecule has 5 nitrogen and oxygen atoms in total. The summed E-state index contributed by atoms with van der Waals surface area (Å²) in [6.45, 7) is 5.47. The van der Waals surface area contributed by atoms with Crippen LogP contribution in [0.5, 0.6) is 11.5 Å². The highest BCUT2D eigenvalue weighted by Gasteiger charge is 2.18. The van der Waals surface area contributed by atoms with E-state index in [1.807, 2.05) is 20.8 Å². The van der Waals surface area contributed by atoms with Gasteiger partial charge >= 0.3 is 0 Å². The van der Waals surface area contributed by atoms with Crippen molar-refractivity contribution in [3.05, 3.63) is 43.3 Å². The number of aromatic hydroxyl groups is 1. The van der Waals surface area contributed by atoms with Crippen molar-refractivity contribution >= 4 is 29.3 Å². The quantitative estimate of drug-likeness (QED) is 0.889. The number of carbonyl (C=O) groups excluding carboxylic acids is 1. The van der Waals surface area contributed by atoms with Crippen molar-refractivity contribution in [3.8, 4) is 11.5 Å². The normalized spacial score (nSPS) is 13.4. The smallest absolute Gasteiger partial charge is 0.266 e. The predicted octanol–water partition coefficient (Wildman–Crippen LogP) is 1.38. The number of methoxy groups -OCH3 is 1. The second kappa shape index (κ2) is 6.42. The number of ether oxygens (including phenoxy) is 1. The molecule has 2 rings (SSSR count). The zero-order valence-corrected chi connectivity index (χ0v) is 14.3. The molecule has 0 aliphatic heterocycles. The van der Waals surface area contributed by atoms with E-state index in [1.165, 1.54) is 30.6 Å². The Labute approximate surface area is 137 Å². The predicted molar refractivity (Wildman–Crippen MR) is 91.3 cm³/mol. The summed E-state index contributed by atoms with van der Waals surface area (Å²) < 4.78 is 5.96. The molecular weight excluding hydrogens is 314 g/mol. The minimum Gasteiger partial charge on any atom is -0.504 e. The maximum Gasteiger partial charge on any atom is 0.266 e. The van der Waals surface area contributed by atoms with E-state index in [9.17, 15) is 14.7 Å². The van der Waals surface area contributed by atoms with Crippen molar-refractivity contribution < 1.29 is 14.6 Å². The van der Waals surface area contributed by atoms with E-state index < -0.39 is 5.41 Å². The Balaban J connectivity index is 2.46. The topological polar surface area (TPSA) is 79.4 Å². The molecule has 0 aliphatic rings. The maximum absolute atomic E-state index is 12.0. The van der Waals surface area contributed by atoms with Gasteiger partial charge in [0.05, 0.1) is 16.3 Å². The van der Waals surface area contributed by atoms with Gasteiger partial charge in [0, 0.05) is 11.5 Å². The van der Waals surface area contributed by atoms with Crippen LogP contribution in [0.3, 0.4) is 0 Å². The highest BCUT2D eigenvalue weighted by molar-refractivity contribution is 7.07. The number of rotatable bonds is 3. The lowest BCUT2D eigenvalue weighted by atomic mass is 9.91. The number of hydrogen-bond donors (Lipinski definition) is 2. The fourth-order valence-corrected chi connectivity index (χ4v) is 2.69. The number of thiazole rings is 1. The first-order valence-corrected chi connectivity index (χ1v) is 7.86. The van der Waals surface area contributed by atoms with E-state index in [0.29, 0.717) is 20.5 Å². The Hall–Kier alpha value is -2.34. The van der Waals surface area contributed by atoms with Crippen LogP contribution in [0.25, 0.3) is 12.2 Å².